The molecular weight excluding hydrogens is 216 g/mol. The molecule has 0 aromatic rings. The van der Waals surface area contributed by atoms with Crippen molar-refractivity contribution in [2.75, 3.05) is 19.7 Å². The summed E-state index contributed by atoms with van der Waals surface area (Å²) >= 11 is 0. The second-order valence-electron chi connectivity index (χ2n) is 4.59. The number of piperidine rings is 1. The molecule has 1 spiro atoms. The van der Waals surface area contributed by atoms with Gasteiger partial charge in [0, 0.05) is 11.3 Å². The van der Waals surface area contributed by atoms with E-state index in [-0.39, 0.29) is 13.0 Å². The van der Waals surface area contributed by atoms with Crippen LogP contribution >= 0.6 is 0 Å². The number of nitrogens with one attached hydrogen (secondary N) is 1. The fourth-order valence-corrected chi connectivity index (χ4v) is 2.86. The Hall–Kier alpha value is -0.710. The van der Waals surface area contributed by atoms with Gasteiger partial charge in [0.2, 0.25) is 0 Å². The zero-order valence-corrected chi connectivity index (χ0v) is 9.39. The van der Waals surface area contributed by atoms with Gasteiger partial charge in [-0.25, -0.2) is 8.78 Å². The zero-order valence-electron chi connectivity index (χ0n) is 9.39. The Bertz CT molecular complexity index is 288. The maximum absolute atomic E-state index is 13.7. The van der Waals surface area contributed by atoms with Crippen LogP contribution in [0.3, 0.4) is 0 Å². The number of hydrogen-bond acceptors (Lipinski definition) is 3. The average Bonchev–Trinajstić information content (AvgIpc) is 2.66. The molecule has 1 saturated carbocycles. The van der Waals surface area contributed by atoms with Crippen molar-refractivity contribution in [3.8, 4) is 0 Å². The number of halogens is 2. The van der Waals surface area contributed by atoms with Crippen LogP contribution in [-0.4, -0.2) is 31.6 Å². The lowest BCUT2D eigenvalue weighted by molar-refractivity contribution is -0.144. The van der Waals surface area contributed by atoms with Gasteiger partial charge in [-0.1, -0.05) is 0 Å². The third-order valence-corrected chi connectivity index (χ3v) is 3.86. The lowest BCUT2D eigenvalue weighted by Crippen LogP contribution is -2.32. The highest BCUT2D eigenvalue weighted by molar-refractivity contribution is 5.70. The molecule has 1 unspecified atom stereocenters. The fraction of sp³-hybridized carbons (Fsp3) is 0.909. The molecule has 0 bridgehead atoms. The molecule has 1 atom stereocenters. The van der Waals surface area contributed by atoms with Crippen LogP contribution in [-0.2, 0) is 9.53 Å². The number of esters is 1. The van der Waals surface area contributed by atoms with Gasteiger partial charge in [0.1, 0.15) is 0 Å². The molecule has 16 heavy (non-hydrogen) atoms. The fourth-order valence-electron chi connectivity index (χ4n) is 2.86. The van der Waals surface area contributed by atoms with Crippen molar-refractivity contribution in [1.82, 2.24) is 5.32 Å². The van der Waals surface area contributed by atoms with Crippen LogP contribution in [0.15, 0.2) is 0 Å². The Balaban J connectivity index is 1.98. The van der Waals surface area contributed by atoms with Crippen molar-refractivity contribution in [2.24, 2.45) is 11.3 Å². The molecular formula is C11H17F2NO2. The van der Waals surface area contributed by atoms with Gasteiger partial charge in [0.25, 0.3) is 5.92 Å². The van der Waals surface area contributed by atoms with Gasteiger partial charge >= 0.3 is 5.97 Å². The number of hydrogen-bond donors (Lipinski definition) is 1. The summed E-state index contributed by atoms with van der Waals surface area (Å²) in [6.07, 6.45) is 0.787. The van der Waals surface area contributed by atoms with Crippen LogP contribution in [0.5, 0.6) is 0 Å². The Kier molecular flexibility index (Phi) is 2.90. The minimum atomic E-state index is -2.68. The number of carbonyl (C=O) groups excluding carboxylic acids is 1. The van der Waals surface area contributed by atoms with E-state index in [1.54, 1.807) is 6.92 Å². The van der Waals surface area contributed by atoms with E-state index >= 15 is 0 Å². The van der Waals surface area contributed by atoms with E-state index in [1.165, 1.54) is 0 Å². The van der Waals surface area contributed by atoms with Crippen molar-refractivity contribution in [3.63, 3.8) is 0 Å². The van der Waals surface area contributed by atoms with Crippen LogP contribution in [0.25, 0.3) is 0 Å². The molecule has 3 nitrogen and oxygen atoms in total. The molecule has 1 aliphatic carbocycles. The van der Waals surface area contributed by atoms with Crippen LogP contribution in [0.2, 0.25) is 0 Å². The van der Waals surface area contributed by atoms with E-state index in [1.807, 2.05) is 0 Å². The largest absolute Gasteiger partial charge is 0.466 e. The summed E-state index contributed by atoms with van der Waals surface area (Å²) in [5.41, 5.74) is -0.926. The summed E-state index contributed by atoms with van der Waals surface area (Å²) < 4.78 is 32.1. The molecule has 1 heterocycles. The number of alkyl halides is 2. The number of rotatable bonds is 3. The van der Waals surface area contributed by atoms with Crippen molar-refractivity contribution in [2.45, 2.75) is 32.1 Å². The average molecular weight is 233 g/mol. The van der Waals surface area contributed by atoms with E-state index in [4.69, 9.17) is 4.74 Å². The van der Waals surface area contributed by atoms with Crippen molar-refractivity contribution in [1.29, 1.82) is 0 Å². The predicted molar refractivity (Wildman–Crippen MR) is 54.2 cm³/mol. The topological polar surface area (TPSA) is 38.3 Å². The quantitative estimate of drug-likeness (QED) is 0.752. The first-order valence-electron chi connectivity index (χ1n) is 5.79. The molecule has 5 heteroatoms. The minimum Gasteiger partial charge on any atom is -0.466 e. The smallest absolute Gasteiger partial charge is 0.306 e. The molecule has 2 rings (SSSR count). The molecule has 92 valence electrons. The Morgan fingerprint density at radius 1 is 1.44 bits per heavy atom. The first kappa shape index (κ1) is 11.8. The first-order valence-corrected chi connectivity index (χ1v) is 5.79. The molecule has 0 aromatic heterocycles. The second-order valence-corrected chi connectivity index (χ2v) is 4.59. The highest BCUT2D eigenvalue weighted by Gasteiger charge is 2.79. The zero-order chi connectivity index (χ0) is 11.8. The molecule has 0 radical (unpaired) electrons. The van der Waals surface area contributed by atoms with E-state index in [2.05, 4.69) is 5.32 Å². The number of carbonyl (C=O) groups is 1. The molecule has 0 amide bonds. The van der Waals surface area contributed by atoms with Crippen LogP contribution in [0.4, 0.5) is 8.78 Å². The number of ether oxygens (including phenoxy) is 1. The minimum absolute atomic E-state index is 0.138. The molecule has 1 saturated heterocycles. The van der Waals surface area contributed by atoms with E-state index in [9.17, 15) is 13.6 Å². The van der Waals surface area contributed by atoms with Crippen LogP contribution < -0.4 is 5.32 Å². The SMILES string of the molecule is CCOC(=O)CC1C(F)(F)C12CCNCC2. The molecule has 2 aliphatic rings. The molecule has 1 aliphatic heterocycles. The summed E-state index contributed by atoms with van der Waals surface area (Å²) in [4.78, 5) is 11.2. The lowest BCUT2D eigenvalue weighted by atomic mass is 9.90. The van der Waals surface area contributed by atoms with Crippen LogP contribution in [0.1, 0.15) is 26.2 Å². The summed E-state index contributed by atoms with van der Waals surface area (Å²) in [5, 5.41) is 3.07. The summed E-state index contributed by atoms with van der Waals surface area (Å²) in [5.74, 6) is -3.98. The highest BCUT2D eigenvalue weighted by Crippen LogP contribution is 2.71. The van der Waals surface area contributed by atoms with Gasteiger partial charge in [-0.05, 0) is 32.9 Å². The standard InChI is InChI=1S/C11H17F2NO2/c1-2-16-9(15)7-8-10(11(8,12)13)3-5-14-6-4-10/h8,14H,2-7H2,1H3. The highest BCUT2D eigenvalue weighted by atomic mass is 19.3. The lowest BCUT2D eigenvalue weighted by Gasteiger charge is -2.22. The van der Waals surface area contributed by atoms with Crippen LogP contribution in [0, 0.1) is 11.3 Å². The van der Waals surface area contributed by atoms with Gasteiger partial charge < -0.3 is 10.1 Å². The Morgan fingerprint density at radius 3 is 2.62 bits per heavy atom. The monoisotopic (exact) mass is 233 g/mol. The van der Waals surface area contributed by atoms with Gasteiger partial charge in [-0.15, -0.1) is 0 Å². The predicted octanol–water partition coefficient (Wildman–Crippen LogP) is 1.57. The molecule has 1 N–H and O–H groups in total. The summed E-state index contributed by atoms with van der Waals surface area (Å²) in [6, 6.07) is 0. The van der Waals surface area contributed by atoms with E-state index in [0.29, 0.717) is 25.9 Å². The van der Waals surface area contributed by atoms with Gasteiger partial charge in [0.05, 0.1) is 13.0 Å². The van der Waals surface area contributed by atoms with Gasteiger partial charge in [0.15, 0.2) is 0 Å². The molecule has 2 fully saturated rings. The third kappa shape index (κ3) is 1.61. The van der Waals surface area contributed by atoms with Crippen molar-refractivity contribution >= 4 is 5.97 Å². The molecule has 0 aromatic carbocycles. The van der Waals surface area contributed by atoms with E-state index < -0.39 is 23.2 Å². The summed E-state index contributed by atoms with van der Waals surface area (Å²) in [6.45, 7) is 3.18. The third-order valence-electron chi connectivity index (χ3n) is 3.86. The normalized spacial score (nSPS) is 30.1. The second kappa shape index (κ2) is 3.95. The van der Waals surface area contributed by atoms with Gasteiger partial charge in [-0.3, -0.25) is 4.79 Å². The van der Waals surface area contributed by atoms with Crippen molar-refractivity contribution in [3.05, 3.63) is 0 Å². The van der Waals surface area contributed by atoms with Gasteiger partial charge in [-0.2, -0.15) is 0 Å². The maximum atomic E-state index is 13.7. The summed E-state index contributed by atoms with van der Waals surface area (Å²) in [7, 11) is 0. The first-order chi connectivity index (χ1) is 7.54. The maximum Gasteiger partial charge on any atom is 0.306 e. The Labute approximate surface area is 93.5 Å². The van der Waals surface area contributed by atoms with Crippen molar-refractivity contribution < 1.29 is 18.3 Å². The Morgan fingerprint density at radius 2 is 2.06 bits per heavy atom. The van der Waals surface area contributed by atoms with E-state index in [0.717, 1.165) is 0 Å².